The highest BCUT2D eigenvalue weighted by atomic mass is 16.5. The minimum absolute atomic E-state index is 0.0735. The fourth-order valence-corrected chi connectivity index (χ4v) is 4.21. The summed E-state index contributed by atoms with van der Waals surface area (Å²) in [6, 6.07) is 8.36. The van der Waals surface area contributed by atoms with Gasteiger partial charge in [0.15, 0.2) is 11.5 Å². The minimum Gasteiger partial charge on any atom is -0.872 e. The first-order valence-corrected chi connectivity index (χ1v) is 10.3. The molecule has 6 heteroatoms. The highest BCUT2D eigenvalue weighted by Crippen LogP contribution is 2.32. The fourth-order valence-electron chi connectivity index (χ4n) is 4.21. The Morgan fingerprint density at radius 2 is 1.83 bits per heavy atom. The van der Waals surface area contributed by atoms with Crippen molar-refractivity contribution in [3.8, 4) is 28.4 Å². The van der Waals surface area contributed by atoms with Crippen LogP contribution in [0.15, 0.2) is 45.8 Å². The Labute approximate surface area is 175 Å². The number of nitrogens with one attached hydrogen (secondary N) is 1. The third kappa shape index (κ3) is 3.75. The number of hydrogen-bond acceptors (Lipinski definition) is 5. The van der Waals surface area contributed by atoms with Crippen molar-refractivity contribution in [2.75, 3.05) is 27.3 Å². The molecule has 1 aromatic heterocycles. The van der Waals surface area contributed by atoms with Crippen molar-refractivity contribution in [2.24, 2.45) is 5.92 Å². The average Bonchev–Trinajstić information content (AvgIpc) is 2.77. The Hall–Kier alpha value is -2.99. The summed E-state index contributed by atoms with van der Waals surface area (Å²) in [7, 11) is 3.12. The maximum atomic E-state index is 13.2. The average molecular weight is 409 g/mol. The van der Waals surface area contributed by atoms with Crippen LogP contribution in [-0.2, 0) is 6.54 Å². The smallest absolute Gasteiger partial charge is 0.200 e. The predicted molar refractivity (Wildman–Crippen MR) is 113 cm³/mol. The van der Waals surface area contributed by atoms with Crippen LogP contribution >= 0.6 is 0 Å². The standard InChI is InChI=1S/C24H27NO5/c1-15-8-10-25(11-9-15)13-18-20(26)6-5-17-23(27)19(14-30-24(17)18)16-4-7-21(28-2)22(12-16)29-3/h4-7,12,14-15,26H,8-11,13H2,1-3H3. The van der Waals surface area contributed by atoms with Gasteiger partial charge in [0.05, 0.1) is 38.3 Å². The number of benzene rings is 2. The van der Waals surface area contributed by atoms with Gasteiger partial charge in [-0.1, -0.05) is 24.8 Å². The molecule has 0 amide bonds. The predicted octanol–water partition coefficient (Wildman–Crippen LogP) is 2.37. The van der Waals surface area contributed by atoms with E-state index in [0.717, 1.165) is 31.8 Å². The van der Waals surface area contributed by atoms with Crippen LogP contribution in [0.3, 0.4) is 0 Å². The summed E-state index contributed by atoms with van der Waals surface area (Å²) >= 11 is 0. The number of hydrogen-bond donors (Lipinski definition) is 1. The van der Waals surface area contributed by atoms with Gasteiger partial charge in [0.1, 0.15) is 18.4 Å². The Morgan fingerprint density at radius 3 is 2.53 bits per heavy atom. The van der Waals surface area contributed by atoms with Gasteiger partial charge in [0.2, 0.25) is 5.43 Å². The zero-order valence-electron chi connectivity index (χ0n) is 17.6. The zero-order valence-corrected chi connectivity index (χ0v) is 17.6. The van der Waals surface area contributed by atoms with E-state index in [4.69, 9.17) is 13.9 Å². The molecular weight excluding hydrogens is 382 g/mol. The highest BCUT2D eigenvalue weighted by molar-refractivity contribution is 5.85. The second-order valence-electron chi connectivity index (χ2n) is 8.08. The van der Waals surface area contributed by atoms with Crippen molar-refractivity contribution in [3.63, 3.8) is 0 Å². The number of methoxy groups -OCH3 is 2. The van der Waals surface area contributed by atoms with Crippen molar-refractivity contribution >= 4 is 11.0 Å². The molecule has 30 heavy (non-hydrogen) atoms. The van der Waals surface area contributed by atoms with Crippen LogP contribution in [0.1, 0.15) is 25.3 Å². The van der Waals surface area contributed by atoms with Crippen molar-refractivity contribution in [1.82, 2.24) is 0 Å². The van der Waals surface area contributed by atoms with Gasteiger partial charge in [0.25, 0.3) is 0 Å². The topological polar surface area (TPSA) is 76.2 Å². The lowest BCUT2D eigenvalue weighted by Gasteiger charge is -2.28. The molecule has 0 spiro atoms. The molecule has 0 aliphatic carbocycles. The largest absolute Gasteiger partial charge is 0.872 e. The molecule has 0 saturated carbocycles. The molecule has 6 nitrogen and oxygen atoms in total. The van der Waals surface area contributed by atoms with E-state index in [-0.39, 0.29) is 11.2 Å². The fraction of sp³-hybridized carbons (Fsp3) is 0.375. The molecule has 2 aromatic carbocycles. The Bertz CT molecular complexity index is 1110. The molecule has 1 aliphatic rings. The summed E-state index contributed by atoms with van der Waals surface area (Å²) in [5.41, 5.74) is 1.93. The van der Waals surface area contributed by atoms with Crippen LogP contribution in [0.2, 0.25) is 0 Å². The molecular formula is C24H27NO5. The molecule has 1 saturated heterocycles. The van der Waals surface area contributed by atoms with Crippen LogP contribution in [0.5, 0.6) is 17.2 Å². The van der Waals surface area contributed by atoms with Crippen LogP contribution < -0.4 is 24.9 Å². The summed E-state index contributed by atoms with van der Waals surface area (Å²) in [6.45, 7) is 4.92. The molecule has 0 unspecified atom stereocenters. The number of likely N-dealkylation sites (tertiary alicyclic amines) is 1. The number of rotatable bonds is 5. The number of piperidine rings is 1. The summed E-state index contributed by atoms with van der Waals surface area (Å²) in [6.07, 6.45) is 3.76. The highest BCUT2D eigenvalue weighted by Gasteiger charge is 2.22. The monoisotopic (exact) mass is 409 g/mol. The normalized spacial score (nSPS) is 19.0. The van der Waals surface area contributed by atoms with Gasteiger partial charge in [-0.05, 0) is 42.5 Å². The van der Waals surface area contributed by atoms with Gasteiger partial charge in [-0.15, -0.1) is 0 Å². The first kappa shape index (κ1) is 20.3. The van der Waals surface area contributed by atoms with E-state index in [1.165, 1.54) is 17.2 Å². The van der Waals surface area contributed by atoms with Gasteiger partial charge in [-0.3, -0.25) is 4.79 Å². The summed E-state index contributed by atoms with van der Waals surface area (Å²) in [4.78, 5) is 14.6. The molecule has 0 radical (unpaired) electrons. The molecule has 1 aliphatic heterocycles. The van der Waals surface area contributed by atoms with Gasteiger partial charge in [0, 0.05) is 5.56 Å². The second-order valence-corrected chi connectivity index (χ2v) is 8.08. The van der Waals surface area contributed by atoms with E-state index in [1.807, 2.05) is 0 Å². The van der Waals surface area contributed by atoms with Gasteiger partial charge >= 0.3 is 0 Å². The van der Waals surface area contributed by atoms with Crippen molar-refractivity contribution in [3.05, 3.63) is 52.4 Å². The molecule has 3 aromatic rings. The van der Waals surface area contributed by atoms with Gasteiger partial charge in [-0.2, -0.15) is 0 Å². The second kappa shape index (κ2) is 8.40. The summed E-state index contributed by atoms with van der Waals surface area (Å²) in [5.74, 6) is 1.78. The van der Waals surface area contributed by atoms with Crippen LogP contribution in [-0.4, -0.2) is 27.3 Å². The Morgan fingerprint density at radius 1 is 1.10 bits per heavy atom. The molecule has 2 heterocycles. The van der Waals surface area contributed by atoms with E-state index >= 15 is 0 Å². The number of quaternary nitrogens is 1. The molecule has 1 fully saturated rings. The minimum atomic E-state index is -0.160. The molecule has 0 atom stereocenters. The number of fused-ring (bicyclic) bond motifs is 1. The third-order valence-corrected chi connectivity index (χ3v) is 6.10. The van der Waals surface area contributed by atoms with Crippen molar-refractivity contribution < 1.29 is 23.9 Å². The molecule has 4 rings (SSSR count). The van der Waals surface area contributed by atoms with Crippen molar-refractivity contribution in [1.29, 1.82) is 0 Å². The zero-order chi connectivity index (χ0) is 21.3. The lowest BCUT2D eigenvalue weighted by molar-refractivity contribution is -0.919. The molecule has 1 N–H and O–H groups in total. The molecule has 0 bridgehead atoms. The summed E-state index contributed by atoms with van der Waals surface area (Å²) in [5, 5.41) is 13.0. The van der Waals surface area contributed by atoms with Gasteiger partial charge in [-0.25, -0.2) is 0 Å². The van der Waals surface area contributed by atoms with E-state index in [2.05, 4.69) is 6.92 Å². The van der Waals surface area contributed by atoms with Crippen LogP contribution in [0, 0.1) is 5.92 Å². The third-order valence-electron chi connectivity index (χ3n) is 6.10. The quantitative estimate of drug-likeness (QED) is 0.700. The first-order chi connectivity index (χ1) is 14.5. The SMILES string of the molecule is COc1ccc(-c2coc3c(C[NH+]4CCC(C)CC4)c([O-])ccc3c2=O)cc1OC. The lowest BCUT2D eigenvalue weighted by Crippen LogP contribution is -3.11. The maximum Gasteiger partial charge on any atom is 0.200 e. The number of ether oxygens (including phenoxy) is 2. The van der Waals surface area contributed by atoms with Crippen LogP contribution in [0.25, 0.3) is 22.1 Å². The van der Waals surface area contributed by atoms with E-state index in [9.17, 15) is 9.90 Å². The van der Waals surface area contributed by atoms with E-state index < -0.39 is 0 Å². The summed E-state index contributed by atoms with van der Waals surface area (Å²) < 4.78 is 16.5. The lowest BCUT2D eigenvalue weighted by atomic mass is 9.98. The first-order valence-electron chi connectivity index (χ1n) is 10.3. The van der Waals surface area contributed by atoms with Gasteiger partial charge < -0.3 is 23.9 Å². The molecule has 158 valence electrons. The van der Waals surface area contributed by atoms with Crippen LogP contribution in [0.4, 0.5) is 0 Å². The maximum absolute atomic E-state index is 13.2. The Balaban J connectivity index is 1.75. The Kier molecular flexibility index (Phi) is 5.68. The van der Waals surface area contributed by atoms with E-state index in [1.54, 1.807) is 38.5 Å². The van der Waals surface area contributed by atoms with E-state index in [0.29, 0.717) is 45.7 Å². The van der Waals surface area contributed by atoms with Crippen molar-refractivity contribution in [2.45, 2.75) is 26.3 Å².